The summed E-state index contributed by atoms with van der Waals surface area (Å²) in [6.45, 7) is 6.13. The Bertz CT molecular complexity index is 1430. The summed E-state index contributed by atoms with van der Waals surface area (Å²) < 4.78 is 6.07. The number of benzene rings is 3. The minimum atomic E-state index is -0.646. The first-order valence-corrected chi connectivity index (χ1v) is 10.6. The number of aromatic hydroxyl groups is 1. The summed E-state index contributed by atoms with van der Waals surface area (Å²) in [5.74, 6) is -0.171. The lowest BCUT2D eigenvalue weighted by Gasteiger charge is -2.25. The number of carbonyl (C=O) groups excluding carboxylic acids is 1. The fourth-order valence-corrected chi connectivity index (χ4v) is 4.61. The highest BCUT2D eigenvalue weighted by Gasteiger charge is 2.43. The summed E-state index contributed by atoms with van der Waals surface area (Å²) in [4.78, 5) is 28.9. The maximum atomic E-state index is 13.7. The second-order valence-corrected chi connectivity index (χ2v) is 8.55. The van der Waals surface area contributed by atoms with Crippen LogP contribution in [0.15, 0.2) is 69.9 Å². The number of phenolic OH excluding ortho intramolecular Hbond substituents is 1. The lowest BCUT2D eigenvalue weighted by Crippen LogP contribution is -2.29. The van der Waals surface area contributed by atoms with Gasteiger partial charge in [0.25, 0.3) is 5.91 Å². The van der Waals surface area contributed by atoms with Crippen LogP contribution in [-0.2, 0) is 6.54 Å². The molecule has 5 rings (SSSR count). The lowest BCUT2D eigenvalue weighted by molar-refractivity contribution is 0.0714. The third kappa shape index (κ3) is 3.17. The molecule has 3 aromatic carbocycles. The Morgan fingerprint density at radius 1 is 0.938 bits per heavy atom. The molecule has 1 N–H and O–H groups in total. The van der Waals surface area contributed by atoms with E-state index in [9.17, 15) is 14.7 Å². The molecule has 5 nitrogen and oxygen atoms in total. The number of nitrogens with zero attached hydrogens (tertiary/aromatic N) is 1. The number of hydrogen-bond acceptors (Lipinski definition) is 4. The maximum Gasteiger partial charge on any atom is 0.291 e. The van der Waals surface area contributed by atoms with Crippen LogP contribution in [-0.4, -0.2) is 15.9 Å². The standard InChI is InChI=1S/C27H23NO4/c1-15-7-9-18(10-8-15)14-28-24(19-5-4-6-20(29)13-19)23-25(30)22-17(3)11-16(2)12-21(22)32-26(23)27(28)31/h4-13,24,29H,14H2,1-3H3. The van der Waals surface area contributed by atoms with Crippen molar-refractivity contribution in [2.75, 3.05) is 0 Å². The normalized spacial score (nSPS) is 15.4. The van der Waals surface area contributed by atoms with E-state index in [0.717, 1.165) is 22.3 Å². The van der Waals surface area contributed by atoms with Crippen molar-refractivity contribution in [3.8, 4) is 5.75 Å². The van der Waals surface area contributed by atoms with Crippen molar-refractivity contribution in [2.45, 2.75) is 33.4 Å². The molecule has 1 aromatic heterocycles. The van der Waals surface area contributed by atoms with E-state index in [1.54, 1.807) is 29.2 Å². The van der Waals surface area contributed by atoms with Crippen molar-refractivity contribution >= 4 is 16.9 Å². The van der Waals surface area contributed by atoms with E-state index in [-0.39, 0.29) is 22.8 Å². The summed E-state index contributed by atoms with van der Waals surface area (Å²) in [5, 5.41) is 10.6. The highest BCUT2D eigenvalue weighted by molar-refractivity contribution is 5.99. The summed E-state index contributed by atoms with van der Waals surface area (Å²) >= 11 is 0. The zero-order valence-corrected chi connectivity index (χ0v) is 18.2. The molecule has 1 aliphatic heterocycles. The number of hydrogen-bond donors (Lipinski definition) is 1. The van der Waals surface area contributed by atoms with Crippen LogP contribution in [0.5, 0.6) is 5.75 Å². The molecule has 2 heterocycles. The van der Waals surface area contributed by atoms with Gasteiger partial charge in [-0.3, -0.25) is 9.59 Å². The van der Waals surface area contributed by atoms with Crippen molar-refractivity contribution in [1.82, 2.24) is 4.90 Å². The third-order valence-corrected chi connectivity index (χ3v) is 6.07. The van der Waals surface area contributed by atoms with E-state index in [2.05, 4.69) is 0 Å². The van der Waals surface area contributed by atoms with Crippen molar-refractivity contribution in [2.24, 2.45) is 0 Å². The van der Waals surface area contributed by atoms with Crippen LogP contribution in [0.1, 0.15) is 50.0 Å². The number of fused-ring (bicyclic) bond motifs is 2. The largest absolute Gasteiger partial charge is 0.508 e. The number of phenols is 1. The van der Waals surface area contributed by atoms with Gasteiger partial charge in [0.15, 0.2) is 5.43 Å². The Hall–Kier alpha value is -3.86. The fraction of sp³-hybridized carbons (Fsp3) is 0.185. The molecule has 1 unspecified atom stereocenters. The van der Waals surface area contributed by atoms with Crippen molar-refractivity contribution in [3.63, 3.8) is 0 Å². The minimum absolute atomic E-state index is 0.0768. The molecule has 0 saturated carbocycles. The van der Waals surface area contributed by atoms with Gasteiger partial charge in [-0.15, -0.1) is 0 Å². The van der Waals surface area contributed by atoms with Gasteiger partial charge in [0.05, 0.1) is 17.0 Å². The second kappa shape index (κ2) is 7.38. The average molecular weight is 425 g/mol. The minimum Gasteiger partial charge on any atom is -0.508 e. The van der Waals surface area contributed by atoms with Gasteiger partial charge in [-0.25, -0.2) is 0 Å². The molecule has 5 heteroatoms. The molecular formula is C27H23NO4. The van der Waals surface area contributed by atoms with Crippen LogP contribution in [0.3, 0.4) is 0 Å². The Labute approximate surface area is 185 Å². The van der Waals surface area contributed by atoms with E-state index in [0.29, 0.717) is 28.6 Å². The van der Waals surface area contributed by atoms with Crippen LogP contribution in [0.25, 0.3) is 11.0 Å². The number of carbonyl (C=O) groups is 1. The van der Waals surface area contributed by atoms with Crippen LogP contribution in [0, 0.1) is 20.8 Å². The first-order valence-electron chi connectivity index (χ1n) is 10.6. The summed E-state index contributed by atoms with van der Waals surface area (Å²) in [5.41, 5.74) is 5.07. The van der Waals surface area contributed by atoms with E-state index in [1.807, 2.05) is 57.2 Å². The Morgan fingerprint density at radius 3 is 2.41 bits per heavy atom. The molecule has 1 atom stereocenters. The van der Waals surface area contributed by atoms with Crippen LogP contribution < -0.4 is 5.43 Å². The monoisotopic (exact) mass is 425 g/mol. The Morgan fingerprint density at radius 2 is 1.69 bits per heavy atom. The molecule has 4 aromatic rings. The summed E-state index contributed by atoms with van der Waals surface area (Å²) in [7, 11) is 0. The topological polar surface area (TPSA) is 70.8 Å². The molecule has 0 spiro atoms. The molecule has 160 valence electrons. The van der Waals surface area contributed by atoms with Crippen molar-refractivity contribution < 1.29 is 14.3 Å². The predicted molar refractivity (Wildman–Crippen MR) is 123 cm³/mol. The molecule has 0 saturated heterocycles. The van der Waals surface area contributed by atoms with Gasteiger partial charge < -0.3 is 14.4 Å². The Balaban J connectivity index is 1.75. The SMILES string of the molecule is Cc1ccc(CN2C(=O)c3oc4cc(C)cc(C)c4c(=O)c3C2c2cccc(O)c2)cc1. The molecular weight excluding hydrogens is 402 g/mol. The summed E-state index contributed by atoms with van der Waals surface area (Å²) in [6, 6.07) is 17.7. The number of rotatable bonds is 3. The van der Waals surface area contributed by atoms with Gasteiger partial charge in [0.1, 0.15) is 11.3 Å². The fourth-order valence-electron chi connectivity index (χ4n) is 4.61. The van der Waals surface area contributed by atoms with E-state index >= 15 is 0 Å². The van der Waals surface area contributed by atoms with Gasteiger partial charge >= 0.3 is 0 Å². The first-order chi connectivity index (χ1) is 15.3. The number of amides is 1. The molecule has 0 bridgehead atoms. The molecule has 0 fully saturated rings. The highest BCUT2D eigenvalue weighted by Crippen LogP contribution is 2.40. The van der Waals surface area contributed by atoms with E-state index in [4.69, 9.17) is 4.42 Å². The van der Waals surface area contributed by atoms with Crippen molar-refractivity contribution in [3.05, 3.63) is 110 Å². The molecule has 0 radical (unpaired) electrons. The van der Waals surface area contributed by atoms with Gasteiger partial charge in [0, 0.05) is 6.54 Å². The predicted octanol–water partition coefficient (Wildman–Crippen LogP) is 5.17. The molecule has 1 amide bonds. The molecule has 32 heavy (non-hydrogen) atoms. The second-order valence-electron chi connectivity index (χ2n) is 8.55. The zero-order chi connectivity index (χ0) is 22.6. The third-order valence-electron chi connectivity index (χ3n) is 6.07. The van der Waals surface area contributed by atoms with Crippen molar-refractivity contribution in [1.29, 1.82) is 0 Å². The highest BCUT2D eigenvalue weighted by atomic mass is 16.3. The van der Waals surface area contributed by atoms with Gasteiger partial charge in [0.2, 0.25) is 5.76 Å². The van der Waals surface area contributed by atoms with Crippen LogP contribution in [0.4, 0.5) is 0 Å². The maximum absolute atomic E-state index is 13.7. The number of aryl methyl sites for hydroxylation is 3. The summed E-state index contributed by atoms with van der Waals surface area (Å²) in [6.07, 6.45) is 0. The first kappa shape index (κ1) is 20.1. The molecule has 0 aliphatic carbocycles. The van der Waals surface area contributed by atoms with Gasteiger partial charge in [-0.05, 0) is 61.2 Å². The average Bonchev–Trinajstić information content (AvgIpc) is 3.01. The smallest absolute Gasteiger partial charge is 0.291 e. The zero-order valence-electron chi connectivity index (χ0n) is 18.2. The van der Waals surface area contributed by atoms with Crippen LogP contribution >= 0.6 is 0 Å². The lowest BCUT2D eigenvalue weighted by atomic mass is 9.96. The Kier molecular flexibility index (Phi) is 4.63. The van der Waals surface area contributed by atoms with Crippen LogP contribution in [0.2, 0.25) is 0 Å². The van der Waals surface area contributed by atoms with E-state index < -0.39 is 6.04 Å². The van der Waals surface area contributed by atoms with Gasteiger partial charge in [-0.2, -0.15) is 0 Å². The van der Waals surface area contributed by atoms with E-state index in [1.165, 1.54) is 0 Å². The quantitative estimate of drug-likeness (QED) is 0.492. The molecule has 1 aliphatic rings. The van der Waals surface area contributed by atoms with Gasteiger partial charge in [-0.1, -0.05) is 48.0 Å².